The second-order valence-electron chi connectivity index (χ2n) is 6.04. The summed E-state index contributed by atoms with van der Waals surface area (Å²) >= 11 is 7.81. The van der Waals surface area contributed by atoms with Crippen LogP contribution in [0.4, 0.5) is 0 Å². The molecule has 0 spiro atoms. The molecule has 1 heterocycles. The minimum Gasteiger partial charge on any atom is -0.266 e. The smallest absolute Gasteiger partial charge is 0.266 e. The van der Waals surface area contributed by atoms with E-state index in [2.05, 4.69) is 36.3 Å². The van der Waals surface area contributed by atoms with Crippen molar-refractivity contribution in [2.75, 3.05) is 0 Å². The third-order valence-corrected chi connectivity index (χ3v) is 5.73. The van der Waals surface area contributed by atoms with Gasteiger partial charge in [-0.05, 0) is 37.3 Å². The standard InChI is InChI=1S/C19H25ClN2OS/c1-4-6-7-15-8-10-16(11-9-15)13-24-17-12-21-22(14(3)5-2)19(23)18(17)20/h8-12,14H,4-7,13H2,1-3H3. The van der Waals surface area contributed by atoms with Crippen LogP contribution >= 0.6 is 23.4 Å². The molecule has 1 aromatic heterocycles. The van der Waals surface area contributed by atoms with Gasteiger partial charge in [0.25, 0.3) is 5.56 Å². The summed E-state index contributed by atoms with van der Waals surface area (Å²) in [6.45, 7) is 6.20. The van der Waals surface area contributed by atoms with E-state index in [-0.39, 0.29) is 16.6 Å². The average Bonchev–Trinajstić information content (AvgIpc) is 2.61. The molecule has 130 valence electrons. The van der Waals surface area contributed by atoms with Gasteiger partial charge in [-0.15, -0.1) is 11.8 Å². The molecule has 2 aromatic rings. The number of halogens is 1. The van der Waals surface area contributed by atoms with Crippen LogP contribution in [0.1, 0.15) is 57.2 Å². The topological polar surface area (TPSA) is 34.9 Å². The predicted molar refractivity (Wildman–Crippen MR) is 103 cm³/mol. The zero-order valence-electron chi connectivity index (χ0n) is 14.6. The van der Waals surface area contributed by atoms with Gasteiger partial charge in [0.1, 0.15) is 5.02 Å². The van der Waals surface area contributed by atoms with Crippen molar-refractivity contribution in [1.82, 2.24) is 9.78 Å². The molecule has 0 bridgehead atoms. The summed E-state index contributed by atoms with van der Waals surface area (Å²) in [4.78, 5) is 13.0. The predicted octanol–water partition coefficient (Wildman–Crippen LogP) is 5.50. The Morgan fingerprint density at radius 1 is 1.21 bits per heavy atom. The maximum absolute atomic E-state index is 12.3. The molecule has 0 aliphatic carbocycles. The minimum absolute atomic E-state index is 0.0599. The highest BCUT2D eigenvalue weighted by molar-refractivity contribution is 7.98. The Hall–Kier alpha value is -1.26. The molecule has 3 nitrogen and oxygen atoms in total. The van der Waals surface area contributed by atoms with E-state index in [0.29, 0.717) is 0 Å². The highest BCUT2D eigenvalue weighted by Gasteiger charge is 2.13. The molecule has 0 N–H and O–H groups in total. The van der Waals surface area contributed by atoms with Gasteiger partial charge in [0, 0.05) is 5.75 Å². The van der Waals surface area contributed by atoms with Crippen LogP contribution in [0.15, 0.2) is 40.2 Å². The third-order valence-electron chi connectivity index (χ3n) is 4.16. The first-order valence-electron chi connectivity index (χ1n) is 8.54. The fourth-order valence-electron chi connectivity index (χ4n) is 2.36. The van der Waals surface area contributed by atoms with E-state index in [1.807, 2.05) is 13.8 Å². The molecule has 0 saturated carbocycles. The van der Waals surface area contributed by atoms with Gasteiger partial charge in [-0.2, -0.15) is 5.10 Å². The van der Waals surface area contributed by atoms with Crippen LogP contribution < -0.4 is 5.56 Å². The summed E-state index contributed by atoms with van der Waals surface area (Å²) in [6.07, 6.45) is 6.12. The fourth-order valence-corrected chi connectivity index (χ4v) is 3.51. The lowest BCUT2D eigenvalue weighted by molar-refractivity contribution is 0.451. The fraction of sp³-hybridized carbons (Fsp3) is 0.474. The SMILES string of the molecule is CCCCc1ccc(CSc2cnn(C(C)CC)c(=O)c2Cl)cc1. The zero-order chi connectivity index (χ0) is 17.5. The van der Waals surface area contributed by atoms with Crippen LogP contribution in [-0.4, -0.2) is 9.78 Å². The van der Waals surface area contributed by atoms with Crippen molar-refractivity contribution in [3.63, 3.8) is 0 Å². The Morgan fingerprint density at radius 2 is 1.88 bits per heavy atom. The lowest BCUT2D eigenvalue weighted by atomic mass is 10.1. The second-order valence-corrected chi connectivity index (χ2v) is 7.43. The van der Waals surface area contributed by atoms with Crippen molar-refractivity contribution in [3.05, 3.63) is 57.0 Å². The van der Waals surface area contributed by atoms with Gasteiger partial charge < -0.3 is 0 Å². The van der Waals surface area contributed by atoms with Crippen molar-refractivity contribution < 1.29 is 0 Å². The van der Waals surface area contributed by atoms with Gasteiger partial charge in [-0.25, -0.2) is 4.68 Å². The van der Waals surface area contributed by atoms with Crippen LogP contribution in [-0.2, 0) is 12.2 Å². The number of nitrogens with zero attached hydrogens (tertiary/aromatic N) is 2. The van der Waals surface area contributed by atoms with E-state index in [9.17, 15) is 4.79 Å². The quantitative estimate of drug-likeness (QED) is 0.580. The molecule has 0 saturated heterocycles. The first-order valence-corrected chi connectivity index (χ1v) is 9.91. The van der Waals surface area contributed by atoms with Gasteiger partial charge >= 0.3 is 0 Å². The maximum atomic E-state index is 12.3. The molecule has 0 radical (unpaired) electrons. The van der Waals surface area contributed by atoms with Crippen LogP contribution in [0.25, 0.3) is 0 Å². The van der Waals surface area contributed by atoms with E-state index >= 15 is 0 Å². The van der Waals surface area contributed by atoms with E-state index in [0.717, 1.165) is 23.5 Å². The lowest BCUT2D eigenvalue weighted by Gasteiger charge is -2.13. The summed E-state index contributed by atoms with van der Waals surface area (Å²) in [5.41, 5.74) is 2.40. The Morgan fingerprint density at radius 3 is 2.50 bits per heavy atom. The van der Waals surface area contributed by atoms with Crippen molar-refractivity contribution in [2.24, 2.45) is 0 Å². The molecular weight excluding hydrogens is 340 g/mol. The molecule has 24 heavy (non-hydrogen) atoms. The Balaban J connectivity index is 2.04. The van der Waals surface area contributed by atoms with E-state index in [1.165, 1.54) is 28.7 Å². The normalized spacial score (nSPS) is 12.3. The number of unbranched alkanes of at least 4 members (excludes halogenated alkanes) is 1. The van der Waals surface area contributed by atoms with E-state index < -0.39 is 0 Å². The summed E-state index contributed by atoms with van der Waals surface area (Å²) in [6, 6.07) is 8.74. The molecule has 5 heteroatoms. The highest BCUT2D eigenvalue weighted by Crippen LogP contribution is 2.27. The van der Waals surface area contributed by atoms with Gasteiger partial charge in [-0.3, -0.25) is 4.79 Å². The largest absolute Gasteiger partial charge is 0.286 e. The number of hydrogen-bond acceptors (Lipinski definition) is 3. The van der Waals surface area contributed by atoms with Gasteiger partial charge in [-0.1, -0.05) is 56.1 Å². The summed E-state index contributed by atoms with van der Waals surface area (Å²) < 4.78 is 1.47. The number of thioether (sulfide) groups is 1. The van der Waals surface area contributed by atoms with E-state index in [1.54, 1.807) is 18.0 Å². The molecule has 1 unspecified atom stereocenters. The second kappa shape index (κ2) is 9.28. The van der Waals surface area contributed by atoms with Gasteiger partial charge in [0.2, 0.25) is 0 Å². The zero-order valence-corrected chi connectivity index (χ0v) is 16.2. The molecule has 2 rings (SSSR count). The van der Waals surface area contributed by atoms with Crippen molar-refractivity contribution in [2.45, 2.75) is 63.1 Å². The highest BCUT2D eigenvalue weighted by atomic mass is 35.5. The summed E-state index contributed by atoms with van der Waals surface area (Å²) in [7, 11) is 0. The van der Waals surface area contributed by atoms with E-state index in [4.69, 9.17) is 11.6 Å². The van der Waals surface area contributed by atoms with Crippen molar-refractivity contribution >= 4 is 23.4 Å². The molecule has 1 atom stereocenters. The van der Waals surface area contributed by atoms with Crippen LogP contribution in [0.2, 0.25) is 5.02 Å². The first kappa shape index (κ1) is 19.1. The molecule has 1 aromatic carbocycles. The van der Waals surface area contributed by atoms with Crippen LogP contribution in [0.3, 0.4) is 0 Å². The number of benzene rings is 1. The summed E-state index contributed by atoms with van der Waals surface area (Å²) in [5, 5.41) is 4.54. The number of aryl methyl sites for hydroxylation is 1. The third kappa shape index (κ3) is 4.87. The number of aromatic nitrogens is 2. The Kier molecular flexibility index (Phi) is 7.38. The number of hydrogen-bond donors (Lipinski definition) is 0. The summed E-state index contributed by atoms with van der Waals surface area (Å²) in [5.74, 6) is 0.780. The minimum atomic E-state index is -0.203. The molecule has 0 amide bonds. The molecule has 0 aliphatic rings. The number of rotatable bonds is 8. The monoisotopic (exact) mass is 364 g/mol. The maximum Gasteiger partial charge on any atom is 0.286 e. The van der Waals surface area contributed by atoms with Gasteiger partial charge in [0.05, 0.1) is 17.1 Å². The lowest BCUT2D eigenvalue weighted by Crippen LogP contribution is -2.26. The first-order chi connectivity index (χ1) is 11.6. The Bertz CT molecular complexity index is 712. The van der Waals surface area contributed by atoms with Crippen LogP contribution in [0.5, 0.6) is 0 Å². The van der Waals surface area contributed by atoms with Gasteiger partial charge in [0.15, 0.2) is 0 Å². The Labute approximate surface area is 153 Å². The van der Waals surface area contributed by atoms with Crippen molar-refractivity contribution in [1.29, 1.82) is 0 Å². The molecule has 0 fully saturated rings. The van der Waals surface area contributed by atoms with Crippen molar-refractivity contribution in [3.8, 4) is 0 Å². The average molecular weight is 365 g/mol. The van der Waals surface area contributed by atoms with Crippen LogP contribution in [0, 0.1) is 0 Å². The molecule has 0 aliphatic heterocycles. The molecular formula is C19H25ClN2OS.